The van der Waals surface area contributed by atoms with E-state index in [2.05, 4.69) is 43.3 Å². The summed E-state index contributed by atoms with van der Waals surface area (Å²) in [4.78, 5) is 4.37. The van der Waals surface area contributed by atoms with E-state index in [4.69, 9.17) is 5.84 Å². The highest BCUT2D eigenvalue weighted by Gasteiger charge is 2.19. The van der Waals surface area contributed by atoms with Gasteiger partial charge in [-0.05, 0) is 17.9 Å². The zero-order chi connectivity index (χ0) is 12.2. The minimum absolute atomic E-state index is 0.0853. The van der Waals surface area contributed by atoms with Crippen LogP contribution in [0, 0.1) is 0 Å². The molecule has 16 heavy (non-hydrogen) atoms. The van der Waals surface area contributed by atoms with Crippen molar-refractivity contribution in [2.24, 2.45) is 10.8 Å². The van der Waals surface area contributed by atoms with Crippen molar-refractivity contribution in [3.8, 4) is 0 Å². The highest BCUT2D eigenvalue weighted by atomic mass is 15.2. The lowest BCUT2D eigenvalue weighted by Crippen LogP contribution is -2.33. The summed E-state index contributed by atoms with van der Waals surface area (Å²) in [5.41, 5.74) is 5.10. The summed E-state index contributed by atoms with van der Waals surface area (Å²) in [5.74, 6) is 6.28. The molecule has 0 aliphatic heterocycles. The number of hydrogen-bond donors (Lipinski definition) is 2. The molecule has 0 aromatic heterocycles. The van der Waals surface area contributed by atoms with E-state index in [-0.39, 0.29) is 5.41 Å². The van der Waals surface area contributed by atoms with Gasteiger partial charge in [0.1, 0.15) is 5.84 Å². The highest BCUT2D eigenvalue weighted by molar-refractivity contribution is 6.00. The zero-order valence-corrected chi connectivity index (χ0v) is 10.5. The van der Waals surface area contributed by atoms with E-state index in [0.29, 0.717) is 0 Å². The molecule has 0 amide bonds. The van der Waals surface area contributed by atoms with E-state index >= 15 is 0 Å². The molecule has 1 aromatic rings. The maximum absolute atomic E-state index is 5.52. The van der Waals surface area contributed by atoms with Crippen LogP contribution in [0.5, 0.6) is 0 Å². The van der Waals surface area contributed by atoms with Crippen LogP contribution in [0.4, 0.5) is 0 Å². The number of nitrogens with one attached hydrogen (secondary N) is 1. The van der Waals surface area contributed by atoms with Crippen LogP contribution in [0.2, 0.25) is 0 Å². The van der Waals surface area contributed by atoms with Crippen LogP contribution in [0.1, 0.15) is 38.8 Å². The molecule has 0 atom stereocenters. The lowest BCUT2D eigenvalue weighted by atomic mass is 9.83. The standard InChI is InChI=1S/C13H21N3/c1-5-15-12(16-14)10-8-6-7-9-11(10)13(2,3)4/h6-9H,5,14H2,1-4H3,(H,15,16). The van der Waals surface area contributed by atoms with Crippen molar-refractivity contribution in [3.63, 3.8) is 0 Å². The fourth-order valence-corrected chi connectivity index (χ4v) is 1.71. The number of rotatable bonds is 2. The Labute approximate surface area is 97.7 Å². The topological polar surface area (TPSA) is 50.4 Å². The summed E-state index contributed by atoms with van der Waals surface area (Å²) in [5, 5.41) is 0. The van der Waals surface area contributed by atoms with Gasteiger partial charge >= 0.3 is 0 Å². The van der Waals surface area contributed by atoms with Gasteiger partial charge in [0.2, 0.25) is 0 Å². The third-order valence-corrected chi connectivity index (χ3v) is 2.44. The second kappa shape index (κ2) is 5.12. The van der Waals surface area contributed by atoms with Gasteiger partial charge in [-0.15, -0.1) is 0 Å². The van der Waals surface area contributed by atoms with Crippen LogP contribution in [0.15, 0.2) is 29.3 Å². The van der Waals surface area contributed by atoms with Crippen LogP contribution in [0.3, 0.4) is 0 Å². The molecule has 0 aliphatic carbocycles. The van der Waals surface area contributed by atoms with Crippen molar-refractivity contribution in [2.75, 3.05) is 6.54 Å². The molecular formula is C13H21N3. The lowest BCUT2D eigenvalue weighted by molar-refractivity contribution is 0.588. The number of aliphatic imine (C=N–C) groups is 1. The van der Waals surface area contributed by atoms with Crippen LogP contribution in [0.25, 0.3) is 0 Å². The molecular weight excluding hydrogens is 198 g/mol. The maximum Gasteiger partial charge on any atom is 0.142 e. The van der Waals surface area contributed by atoms with Gasteiger partial charge in [0, 0.05) is 12.1 Å². The van der Waals surface area contributed by atoms with Gasteiger partial charge in [-0.2, -0.15) is 0 Å². The molecule has 3 heteroatoms. The molecule has 3 nitrogen and oxygen atoms in total. The summed E-state index contributed by atoms with van der Waals surface area (Å²) in [7, 11) is 0. The monoisotopic (exact) mass is 219 g/mol. The van der Waals surface area contributed by atoms with Gasteiger partial charge in [-0.25, -0.2) is 5.84 Å². The SMILES string of the molecule is CCN=C(NN)c1ccccc1C(C)(C)C. The number of nitrogens with two attached hydrogens (primary N) is 1. The molecule has 0 saturated carbocycles. The van der Waals surface area contributed by atoms with E-state index in [1.165, 1.54) is 5.56 Å². The van der Waals surface area contributed by atoms with Crippen LogP contribution in [-0.2, 0) is 5.41 Å². The van der Waals surface area contributed by atoms with Gasteiger partial charge in [-0.3, -0.25) is 4.99 Å². The first-order chi connectivity index (χ1) is 7.50. The summed E-state index contributed by atoms with van der Waals surface area (Å²) in [6, 6.07) is 8.23. The highest BCUT2D eigenvalue weighted by Crippen LogP contribution is 2.25. The summed E-state index contributed by atoms with van der Waals surface area (Å²) in [6.07, 6.45) is 0. The smallest absolute Gasteiger partial charge is 0.142 e. The van der Waals surface area contributed by atoms with E-state index < -0.39 is 0 Å². The number of hydrogen-bond acceptors (Lipinski definition) is 2. The normalized spacial score (nSPS) is 12.7. The van der Waals surface area contributed by atoms with Crippen molar-refractivity contribution >= 4 is 5.84 Å². The number of hydrazine groups is 1. The van der Waals surface area contributed by atoms with Crippen molar-refractivity contribution in [3.05, 3.63) is 35.4 Å². The first kappa shape index (κ1) is 12.7. The number of amidine groups is 1. The minimum atomic E-state index is 0.0853. The Kier molecular flexibility index (Phi) is 4.07. The largest absolute Gasteiger partial charge is 0.308 e. The van der Waals surface area contributed by atoms with Crippen LogP contribution < -0.4 is 11.3 Å². The van der Waals surface area contributed by atoms with Crippen molar-refractivity contribution < 1.29 is 0 Å². The summed E-state index contributed by atoms with van der Waals surface area (Å²) >= 11 is 0. The fourth-order valence-electron chi connectivity index (χ4n) is 1.71. The molecule has 0 radical (unpaired) electrons. The molecule has 0 spiro atoms. The van der Waals surface area contributed by atoms with E-state index in [1.807, 2.05) is 19.1 Å². The molecule has 0 fully saturated rings. The van der Waals surface area contributed by atoms with E-state index in [9.17, 15) is 0 Å². The van der Waals surface area contributed by atoms with Crippen molar-refractivity contribution in [1.82, 2.24) is 5.43 Å². The fraction of sp³-hybridized carbons (Fsp3) is 0.462. The average molecular weight is 219 g/mol. The molecule has 3 N–H and O–H groups in total. The average Bonchev–Trinajstić information content (AvgIpc) is 2.25. The van der Waals surface area contributed by atoms with Gasteiger partial charge < -0.3 is 5.43 Å². The number of benzene rings is 1. The van der Waals surface area contributed by atoms with Crippen LogP contribution >= 0.6 is 0 Å². The number of nitrogens with zero attached hydrogens (tertiary/aromatic N) is 1. The van der Waals surface area contributed by atoms with E-state index in [1.54, 1.807) is 0 Å². The second-order valence-corrected chi connectivity index (χ2v) is 4.76. The van der Waals surface area contributed by atoms with Gasteiger partial charge in [0.15, 0.2) is 0 Å². The molecule has 0 saturated heterocycles. The molecule has 0 bridgehead atoms. The molecule has 0 heterocycles. The van der Waals surface area contributed by atoms with Gasteiger partial charge in [-0.1, -0.05) is 45.0 Å². The lowest BCUT2D eigenvalue weighted by Gasteiger charge is -2.23. The Morgan fingerprint density at radius 1 is 1.31 bits per heavy atom. The summed E-state index contributed by atoms with van der Waals surface area (Å²) < 4.78 is 0. The molecule has 88 valence electrons. The molecule has 1 rings (SSSR count). The Hall–Kier alpha value is -1.35. The predicted octanol–water partition coefficient (Wildman–Crippen LogP) is 2.21. The van der Waals surface area contributed by atoms with Crippen molar-refractivity contribution in [2.45, 2.75) is 33.1 Å². The van der Waals surface area contributed by atoms with Crippen molar-refractivity contribution in [1.29, 1.82) is 0 Å². The Morgan fingerprint density at radius 2 is 1.94 bits per heavy atom. The van der Waals surface area contributed by atoms with E-state index in [0.717, 1.165) is 17.9 Å². The minimum Gasteiger partial charge on any atom is -0.308 e. The second-order valence-electron chi connectivity index (χ2n) is 4.76. The Balaban J connectivity index is 3.28. The van der Waals surface area contributed by atoms with Crippen LogP contribution in [-0.4, -0.2) is 12.4 Å². The Bertz CT molecular complexity index is 375. The van der Waals surface area contributed by atoms with Gasteiger partial charge in [0.25, 0.3) is 0 Å². The first-order valence-electron chi connectivity index (χ1n) is 5.61. The zero-order valence-electron chi connectivity index (χ0n) is 10.5. The third kappa shape index (κ3) is 2.83. The molecule has 1 aromatic carbocycles. The Morgan fingerprint density at radius 3 is 2.44 bits per heavy atom. The maximum atomic E-state index is 5.52. The predicted molar refractivity (Wildman–Crippen MR) is 69.5 cm³/mol. The quantitative estimate of drug-likeness (QED) is 0.347. The van der Waals surface area contributed by atoms with Gasteiger partial charge in [0.05, 0.1) is 0 Å². The molecule has 0 aliphatic rings. The molecule has 0 unspecified atom stereocenters. The summed E-state index contributed by atoms with van der Waals surface area (Å²) in [6.45, 7) is 9.28. The third-order valence-electron chi connectivity index (χ3n) is 2.44. The first-order valence-corrected chi connectivity index (χ1v) is 5.61.